The van der Waals surface area contributed by atoms with Crippen LogP contribution in [0.5, 0.6) is 0 Å². The highest BCUT2D eigenvalue weighted by Crippen LogP contribution is 2.63. The molecule has 15 heteroatoms. The second kappa shape index (κ2) is 16.8. The molecule has 4 N–H and O–H groups in total. The number of hydrogen-bond donors (Lipinski definition) is 4. The van der Waals surface area contributed by atoms with E-state index in [1.807, 2.05) is 28.8 Å². The number of benzene rings is 2. The smallest absolute Gasteiger partial charge is 0.329 e. The lowest BCUT2D eigenvalue weighted by Gasteiger charge is -2.47. The lowest BCUT2D eigenvalue weighted by molar-refractivity contribution is -0.125. The molecule has 0 bridgehead atoms. The molecule has 3 atom stereocenters. The van der Waals surface area contributed by atoms with Gasteiger partial charge in [-0.1, -0.05) is 72.5 Å². The van der Waals surface area contributed by atoms with E-state index in [0.29, 0.717) is 53.4 Å². The van der Waals surface area contributed by atoms with E-state index < -0.39 is 34.8 Å². The van der Waals surface area contributed by atoms with Crippen LogP contribution < -0.4 is 26.2 Å². The van der Waals surface area contributed by atoms with Crippen molar-refractivity contribution in [3.63, 3.8) is 0 Å². The Kier molecular flexibility index (Phi) is 11.2. The van der Waals surface area contributed by atoms with Gasteiger partial charge in [0.2, 0.25) is 17.7 Å². The summed E-state index contributed by atoms with van der Waals surface area (Å²) in [4.78, 5) is 61.9. The first-order chi connectivity index (χ1) is 30.5. The number of nitrogens with one attached hydrogen (secondary N) is 4. The fraction of sp³-hybridized carbons (Fsp3) is 0.479. The minimum atomic E-state index is -1.25. The van der Waals surface area contributed by atoms with Crippen molar-refractivity contribution < 1.29 is 23.6 Å². The summed E-state index contributed by atoms with van der Waals surface area (Å²) in [5, 5.41) is 13.1. The summed E-state index contributed by atoms with van der Waals surface area (Å²) in [5.74, 6) is 6.13. The Morgan fingerprint density at radius 3 is 2.51 bits per heavy atom. The molecule has 0 radical (unpaired) electrons. The molecule has 10 rings (SSSR count). The van der Waals surface area contributed by atoms with E-state index in [1.54, 1.807) is 30.5 Å². The Bertz CT molecular complexity index is 2550. The van der Waals surface area contributed by atoms with E-state index in [0.717, 1.165) is 88.5 Å². The van der Waals surface area contributed by atoms with E-state index in [1.165, 1.54) is 11.0 Å². The zero-order valence-electron chi connectivity index (χ0n) is 35.0. The molecule has 2 spiro atoms. The number of carbonyl (C=O) groups excluding carboxylic acids is 4. The van der Waals surface area contributed by atoms with Gasteiger partial charge in [-0.15, -0.1) is 0 Å². The summed E-state index contributed by atoms with van der Waals surface area (Å²) in [7, 11) is 0. The predicted molar refractivity (Wildman–Crippen MR) is 239 cm³/mol. The van der Waals surface area contributed by atoms with Crippen molar-refractivity contribution in [2.75, 3.05) is 36.4 Å². The Morgan fingerprint density at radius 2 is 1.73 bits per heavy atom. The molecule has 5 amide bonds. The molecule has 6 aliphatic rings. The van der Waals surface area contributed by atoms with Gasteiger partial charge in [0.25, 0.3) is 0 Å². The van der Waals surface area contributed by atoms with Crippen molar-refractivity contribution in [3.05, 3.63) is 93.5 Å². The zero-order valence-corrected chi connectivity index (χ0v) is 36.5. The van der Waals surface area contributed by atoms with E-state index >= 15 is 4.39 Å². The molecule has 63 heavy (non-hydrogen) atoms. The van der Waals surface area contributed by atoms with Crippen molar-refractivity contribution in [1.29, 1.82) is 0 Å². The topological polar surface area (TPSA) is 140 Å². The quantitative estimate of drug-likeness (QED) is 0.149. The number of urea groups is 1. The van der Waals surface area contributed by atoms with Gasteiger partial charge in [-0.2, -0.15) is 0 Å². The number of nitrogens with zero attached hydrogens (tertiary/aromatic N) is 4. The van der Waals surface area contributed by atoms with Crippen LogP contribution in [0.2, 0.25) is 10.0 Å². The van der Waals surface area contributed by atoms with Crippen molar-refractivity contribution in [2.45, 2.75) is 106 Å². The van der Waals surface area contributed by atoms with Crippen LogP contribution in [0.4, 0.5) is 20.7 Å². The molecule has 2 aliphatic carbocycles. The van der Waals surface area contributed by atoms with Crippen molar-refractivity contribution in [2.24, 2.45) is 11.8 Å². The third-order valence-corrected chi connectivity index (χ3v) is 15.4. The molecule has 5 fully saturated rings. The minimum Gasteiger partial charge on any atom is -0.352 e. The minimum absolute atomic E-state index is 0.0218. The number of imidazole rings is 1. The van der Waals surface area contributed by atoms with Crippen LogP contribution in [-0.2, 0) is 19.8 Å². The number of pyridine rings is 1. The Balaban J connectivity index is 0.771. The normalized spacial score (nSPS) is 27.3. The van der Waals surface area contributed by atoms with Crippen molar-refractivity contribution >= 4 is 64.1 Å². The third kappa shape index (κ3) is 7.46. The van der Waals surface area contributed by atoms with E-state index in [-0.39, 0.29) is 40.8 Å². The summed E-state index contributed by atoms with van der Waals surface area (Å²) in [6.45, 7) is 3.30. The first kappa shape index (κ1) is 42.0. The van der Waals surface area contributed by atoms with Crippen LogP contribution in [0.3, 0.4) is 0 Å². The first-order valence-electron chi connectivity index (χ1n) is 22.5. The number of piperidine rings is 1. The number of rotatable bonds is 6. The molecule has 6 heterocycles. The number of likely N-dealkylation sites (tertiary alicyclic amines) is 1. The Labute approximate surface area is 376 Å². The van der Waals surface area contributed by atoms with Gasteiger partial charge in [-0.3, -0.25) is 34.3 Å². The molecule has 2 aromatic carbocycles. The van der Waals surface area contributed by atoms with Crippen LogP contribution in [0.25, 0.3) is 5.65 Å². The highest BCUT2D eigenvalue weighted by molar-refractivity contribution is 6.31. The number of imide groups is 1. The second-order valence-electron chi connectivity index (χ2n) is 18.4. The van der Waals surface area contributed by atoms with Crippen LogP contribution >= 0.6 is 23.2 Å². The van der Waals surface area contributed by atoms with Gasteiger partial charge < -0.3 is 15.5 Å². The van der Waals surface area contributed by atoms with Gasteiger partial charge in [0.05, 0.1) is 17.3 Å². The van der Waals surface area contributed by atoms with E-state index in [9.17, 15) is 19.2 Å². The Morgan fingerprint density at radius 1 is 0.937 bits per heavy atom. The van der Waals surface area contributed by atoms with Crippen LogP contribution in [0.15, 0.2) is 60.9 Å². The van der Waals surface area contributed by atoms with Crippen LogP contribution in [0.1, 0.15) is 99.7 Å². The van der Waals surface area contributed by atoms with Crippen LogP contribution in [-0.4, -0.2) is 81.8 Å². The van der Waals surface area contributed by atoms with Gasteiger partial charge in [0.1, 0.15) is 22.7 Å². The number of amides is 5. The number of aromatic nitrogens is 2. The van der Waals surface area contributed by atoms with E-state index in [4.69, 9.17) is 23.2 Å². The predicted octanol–water partition coefficient (Wildman–Crippen LogP) is 7.31. The lowest BCUT2D eigenvalue weighted by Crippen LogP contribution is -2.60. The fourth-order valence-corrected chi connectivity index (χ4v) is 12.2. The molecule has 328 valence electrons. The maximum Gasteiger partial charge on any atom is 0.329 e. The summed E-state index contributed by atoms with van der Waals surface area (Å²) in [6.07, 6.45) is 13.6. The standard InChI is InChI=1S/C48H51Cl2FN8O4/c49-32-11-14-35-37(26-32)54-45(62)48(35)41(34-5-4-6-36(50)42(34)51)43(56-47(48)19-2-1-3-20-47)44(61)53-33-12-9-31(10-13-33)28-57-21-15-29(16-22-57)7-8-30-17-23-58-38(25-30)52-27-40(58)59-24-18-39(60)55-46(59)63/h4-6,11,14,17,23,25-27,29,31,33,41,43,56H,1-3,9-10,12-13,15-16,18-22,24,28H2,(H,53,61)(H,54,62)(H,55,60,63)/t31-,33-,41-,43+,48+/m0/s1. The Hall–Kier alpha value is -5.00. The number of anilines is 2. The average molecular weight is 894 g/mol. The molecule has 0 unspecified atom stereocenters. The maximum absolute atomic E-state index is 16.3. The molecule has 4 aliphatic heterocycles. The summed E-state index contributed by atoms with van der Waals surface area (Å²) in [6, 6.07) is 12.8. The molecule has 2 aromatic heterocycles. The van der Waals surface area contributed by atoms with Crippen LogP contribution in [0, 0.1) is 29.5 Å². The fourth-order valence-electron chi connectivity index (χ4n) is 11.8. The zero-order chi connectivity index (χ0) is 43.5. The molecule has 2 saturated carbocycles. The highest BCUT2D eigenvalue weighted by atomic mass is 35.5. The lowest BCUT2D eigenvalue weighted by atomic mass is 9.55. The third-order valence-electron chi connectivity index (χ3n) is 14.8. The molecule has 12 nitrogen and oxygen atoms in total. The summed E-state index contributed by atoms with van der Waals surface area (Å²) >= 11 is 12.9. The summed E-state index contributed by atoms with van der Waals surface area (Å²) < 4.78 is 18.1. The summed E-state index contributed by atoms with van der Waals surface area (Å²) in [5.41, 5.74) is 1.15. The monoisotopic (exact) mass is 892 g/mol. The largest absolute Gasteiger partial charge is 0.352 e. The SMILES string of the molecule is O=C1CCN(c2cnc3cc(C#CC4CCN(C[C@H]5CC[C@H](NC(=O)[C@@H]6NC7(CCCCC7)[C@@]7(C(=O)Nc8cc(Cl)ccc87)[C@H]6c6cccc(Cl)c6F)CC5)CC4)ccn23)C(=O)N1. The van der Waals surface area contributed by atoms with Gasteiger partial charge in [0.15, 0.2) is 0 Å². The maximum atomic E-state index is 16.3. The number of halogens is 3. The highest BCUT2D eigenvalue weighted by Gasteiger charge is 2.72. The number of fused-ring (bicyclic) bond motifs is 4. The van der Waals surface area contributed by atoms with Crippen molar-refractivity contribution in [3.8, 4) is 11.8 Å². The van der Waals surface area contributed by atoms with Gasteiger partial charge in [0, 0.05) is 65.4 Å². The molecule has 3 saturated heterocycles. The molecular weight excluding hydrogens is 842 g/mol. The first-order valence-corrected chi connectivity index (χ1v) is 23.2. The molecule has 4 aromatic rings. The van der Waals surface area contributed by atoms with Gasteiger partial charge >= 0.3 is 6.03 Å². The van der Waals surface area contributed by atoms with Gasteiger partial charge in [-0.05, 0) is 112 Å². The average Bonchev–Trinajstić information content (AvgIpc) is 3.92. The number of carbonyl (C=O) groups is 4. The van der Waals surface area contributed by atoms with Crippen molar-refractivity contribution in [1.82, 2.24) is 30.2 Å². The molecular formula is C48H51Cl2FN8O4. The van der Waals surface area contributed by atoms with Gasteiger partial charge in [-0.25, -0.2) is 14.2 Å². The van der Waals surface area contributed by atoms with E-state index in [2.05, 4.69) is 43.0 Å². The number of hydrogen-bond acceptors (Lipinski definition) is 7. The second-order valence-corrected chi connectivity index (χ2v) is 19.3.